The molecule has 0 spiro atoms. The molecule has 1 N–H and O–H groups in total. The zero-order chi connectivity index (χ0) is 17.4. The smallest absolute Gasteiger partial charge is 0.389 e. The average Bonchev–Trinajstić information content (AvgIpc) is 2.56. The van der Waals surface area contributed by atoms with Crippen LogP contribution in [0, 0.1) is 0 Å². The first-order valence-electron chi connectivity index (χ1n) is 7.97. The van der Waals surface area contributed by atoms with Gasteiger partial charge >= 0.3 is 6.80 Å². The van der Waals surface area contributed by atoms with E-state index in [-0.39, 0.29) is 11.0 Å². The summed E-state index contributed by atoms with van der Waals surface area (Å²) in [6.07, 6.45) is 0.618. The lowest BCUT2D eigenvalue weighted by Gasteiger charge is -2.23. The molecule has 24 heavy (non-hydrogen) atoms. The average molecular weight is 366 g/mol. The van der Waals surface area contributed by atoms with Crippen molar-refractivity contribution in [2.24, 2.45) is 0 Å². The van der Waals surface area contributed by atoms with Crippen LogP contribution in [0.4, 0.5) is 0 Å². The van der Waals surface area contributed by atoms with Crippen LogP contribution in [0.5, 0.6) is 5.75 Å². The molecule has 0 aliphatic carbocycles. The van der Waals surface area contributed by atoms with Gasteiger partial charge in [-0.25, -0.2) is 4.57 Å². The predicted molar refractivity (Wildman–Crippen MR) is 99.4 cm³/mol. The van der Waals surface area contributed by atoms with Gasteiger partial charge in [0.05, 0.1) is 13.2 Å². The van der Waals surface area contributed by atoms with Gasteiger partial charge < -0.3 is 14.2 Å². The molecule has 2 aromatic rings. The molecule has 0 aromatic heterocycles. The van der Waals surface area contributed by atoms with Crippen molar-refractivity contribution in [3.63, 3.8) is 0 Å². The lowest BCUT2D eigenvalue weighted by Crippen LogP contribution is -2.02. The monoisotopic (exact) mass is 366 g/mol. The fraction of sp³-hybridized carbons (Fsp3) is 0.333. The van der Waals surface area contributed by atoms with Gasteiger partial charge in [-0.3, -0.25) is 0 Å². The van der Waals surface area contributed by atoms with Crippen molar-refractivity contribution in [1.82, 2.24) is 0 Å². The number of benzene rings is 2. The second-order valence-corrected chi connectivity index (χ2v) is 9.29. The second kappa shape index (κ2) is 9.28. The highest BCUT2D eigenvalue weighted by Crippen LogP contribution is 2.66. The normalized spacial score (nSPS) is 12.9. The van der Waals surface area contributed by atoms with E-state index in [1.807, 2.05) is 42.5 Å². The SMILES string of the molecule is CCOP(=O)(OCC)SC(Cc1ccccc1)c1ccccc1O. The number of hydrogen-bond acceptors (Lipinski definition) is 5. The minimum atomic E-state index is -3.29. The summed E-state index contributed by atoms with van der Waals surface area (Å²) in [7, 11) is 0. The van der Waals surface area contributed by atoms with E-state index in [2.05, 4.69) is 0 Å². The third kappa shape index (κ3) is 5.38. The first-order valence-corrected chi connectivity index (χ1v) is 11.0. The van der Waals surface area contributed by atoms with Crippen molar-refractivity contribution in [2.45, 2.75) is 25.5 Å². The Morgan fingerprint density at radius 3 is 2.17 bits per heavy atom. The van der Waals surface area contributed by atoms with Crippen molar-refractivity contribution in [3.8, 4) is 5.75 Å². The summed E-state index contributed by atoms with van der Waals surface area (Å²) in [5, 5.41) is 9.99. The zero-order valence-electron chi connectivity index (χ0n) is 13.9. The second-order valence-electron chi connectivity index (χ2n) is 5.13. The van der Waals surface area contributed by atoms with E-state index in [0.717, 1.165) is 22.5 Å². The van der Waals surface area contributed by atoms with E-state index >= 15 is 0 Å². The van der Waals surface area contributed by atoms with Crippen molar-refractivity contribution >= 4 is 18.2 Å². The molecular formula is C18H23O4PS. The Balaban J connectivity index is 2.32. The van der Waals surface area contributed by atoms with E-state index in [1.165, 1.54) is 0 Å². The van der Waals surface area contributed by atoms with Crippen LogP contribution in [-0.2, 0) is 20.0 Å². The molecule has 130 valence electrons. The molecule has 0 saturated heterocycles. The summed E-state index contributed by atoms with van der Waals surface area (Å²) in [6.45, 7) is 0.905. The molecule has 0 aliphatic heterocycles. The van der Waals surface area contributed by atoms with Crippen LogP contribution in [0.2, 0.25) is 0 Å². The molecule has 0 bridgehead atoms. The Bertz CT molecular complexity index is 668. The van der Waals surface area contributed by atoms with Crippen molar-refractivity contribution in [2.75, 3.05) is 13.2 Å². The zero-order valence-corrected chi connectivity index (χ0v) is 15.6. The Labute approximate surface area is 147 Å². The number of rotatable bonds is 9. The topological polar surface area (TPSA) is 55.8 Å². The lowest BCUT2D eigenvalue weighted by molar-refractivity contribution is 0.236. The van der Waals surface area contributed by atoms with Crippen LogP contribution in [0.3, 0.4) is 0 Å². The maximum Gasteiger partial charge on any atom is 0.389 e. The molecule has 0 radical (unpaired) electrons. The standard InChI is InChI=1S/C18H23O4PS/c1-3-21-23(20,22-4-2)24-18(14-15-10-6-5-7-11-15)16-12-8-9-13-17(16)19/h5-13,18-19H,3-4,14H2,1-2H3. The summed E-state index contributed by atoms with van der Waals surface area (Å²) >= 11 is 1.15. The van der Waals surface area contributed by atoms with E-state index < -0.39 is 6.80 Å². The predicted octanol–water partition coefficient (Wildman–Crippen LogP) is 5.59. The number of para-hydroxylation sites is 1. The third-order valence-corrected chi connectivity index (χ3v) is 7.63. The van der Waals surface area contributed by atoms with E-state index in [9.17, 15) is 9.67 Å². The summed E-state index contributed by atoms with van der Waals surface area (Å²) in [5.74, 6) is 0.186. The lowest BCUT2D eigenvalue weighted by atomic mass is 10.0. The molecule has 0 heterocycles. The minimum absolute atomic E-state index is 0.186. The Morgan fingerprint density at radius 2 is 1.58 bits per heavy atom. The molecule has 4 nitrogen and oxygen atoms in total. The van der Waals surface area contributed by atoms with Crippen molar-refractivity contribution < 1.29 is 18.7 Å². The van der Waals surface area contributed by atoms with Gasteiger partial charge in [-0.15, -0.1) is 0 Å². The molecule has 2 aromatic carbocycles. The van der Waals surface area contributed by atoms with Gasteiger partial charge in [0, 0.05) is 10.8 Å². The first-order chi connectivity index (χ1) is 11.6. The summed E-state index contributed by atoms with van der Waals surface area (Å²) < 4.78 is 23.8. The Hall–Kier alpha value is -1.26. The molecule has 1 unspecified atom stereocenters. The Kier molecular flexibility index (Phi) is 7.38. The number of phenolic OH excluding ortho intramolecular Hbond substituents is 1. The number of hydrogen-bond donors (Lipinski definition) is 1. The van der Waals surface area contributed by atoms with Gasteiger partial charge in [0.1, 0.15) is 5.75 Å². The molecule has 0 saturated carbocycles. The van der Waals surface area contributed by atoms with Gasteiger partial charge in [-0.2, -0.15) is 0 Å². The van der Waals surface area contributed by atoms with Crippen LogP contribution in [0.1, 0.15) is 30.2 Å². The maximum atomic E-state index is 12.9. The van der Waals surface area contributed by atoms with Gasteiger partial charge in [0.15, 0.2) is 0 Å². The fourth-order valence-corrected chi connectivity index (χ4v) is 6.58. The Morgan fingerprint density at radius 1 is 1.00 bits per heavy atom. The number of aromatic hydroxyl groups is 1. The third-order valence-electron chi connectivity index (χ3n) is 3.38. The first kappa shape index (κ1) is 19.1. The summed E-state index contributed by atoms with van der Waals surface area (Å²) in [5.41, 5.74) is 1.82. The van der Waals surface area contributed by atoms with Gasteiger partial charge in [0.25, 0.3) is 0 Å². The molecule has 6 heteroatoms. The van der Waals surface area contributed by atoms with Gasteiger partial charge in [-0.1, -0.05) is 48.5 Å². The minimum Gasteiger partial charge on any atom is -0.508 e. The van der Waals surface area contributed by atoms with E-state index in [4.69, 9.17) is 9.05 Å². The van der Waals surface area contributed by atoms with Crippen LogP contribution >= 0.6 is 18.2 Å². The van der Waals surface area contributed by atoms with Gasteiger partial charge in [-0.05, 0) is 43.3 Å². The van der Waals surface area contributed by atoms with E-state index in [1.54, 1.807) is 26.0 Å². The fourth-order valence-electron chi connectivity index (χ4n) is 2.36. The largest absolute Gasteiger partial charge is 0.508 e. The van der Waals surface area contributed by atoms with Gasteiger partial charge in [0.2, 0.25) is 0 Å². The molecule has 1 atom stereocenters. The van der Waals surface area contributed by atoms with Crippen LogP contribution in [-0.4, -0.2) is 18.3 Å². The molecular weight excluding hydrogens is 343 g/mol. The molecule has 0 fully saturated rings. The van der Waals surface area contributed by atoms with Crippen molar-refractivity contribution in [1.29, 1.82) is 0 Å². The molecule has 2 rings (SSSR count). The quantitative estimate of drug-likeness (QED) is 0.586. The summed E-state index contributed by atoms with van der Waals surface area (Å²) in [4.78, 5) is 0. The molecule has 0 aliphatic rings. The number of phenols is 1. The highest BCUT2D eigenvalue weighted by molar-refractivity contribution is 8.55. The highest BCUT2D eigenvalue weighted by Gasteiger charge is 2.31. The van der Waals surface area contributed by atoms with Crippen LogP contribution in [0.25, 0.3) is 0 Å². The van der Waals surface area contributed by atoms with Crippen LogP contribution in [0.15, 0.2) is 54.6 Å². The molecule has 0 amide bonds. The summed E-state index contributed by atoms with van der Waals surface area (Å²) in [6, 6.07) is 17.0. The van der Waals surface area contributed by atoms with E-state index in [0.29, 0.717) is 19.6 Å². The van der Waals surface area contributed by atoms with Crippen molar-refractivity contribution in [3.05, 3.63) is 65.7 Å². The highest BCUT2D eigenvalue weighted by atomic mass is 32.7. The maximum absolute atomic E-state index is 12.9. The van der Waals surface area contributed by atoms with Crippen LogP contribution < -0.4 is 0 Å².